The summed E-state index contributed by atoms with van der Waals surface area (Å²) in [6, 6.07) is 15.7. The van der Waals surface area contributed by atoms with E-state index in [4.69, 9.17) is 9.47 Å². The van der Waals surface area contributed by atoms with Crippen LogP contribution in [0.2, 0.25) is 0 Å². The highest BCUT2D eigenvalue weighted by Crippen LogP contribution is 2.27. The molecule has 144 valence electrons. The molecule has 0 N–H and O–H groups in total. The lowest BCUT2D eigenvalue weighted by Gasteiger charge is -2.23. The molecule has 0 bridgehead atoms. The van der Waals surface area contributed by atoms with Gasteiger partial charge in [-0.25, -0.2) is 0 Å². The second-order valence-electron chi connectivity index (χ2n) is 6.87. The van der Waals surface area contributed by atoms with E-state index < -0.39 is 0 Å². The SMILES string of the molecule is COc1ccc(CC(=O)N(C/C=C/c2ccccc2)CC(C)C)cc1OC. The van der Waals surface area contributed by atoms with Crippen LogP contribution in [0.4, 0.5) is 0 Å². The van der Waals surface area contributed by atoms with Gasteiger partial charge in [-0.2, -0.15) is 0 Å². The van der Waals surface area contributed by atoms with Gasteiger partial charge in [0.1, 0.15) is 0 Å². The van der Waals surface area contributed by atoms with Gasteiger partial charge in [0, 0.05) is 13.1 Å². The zero-order chi connectivity index (χ0) is 19.6. The predicted molar refractivity (Wildman–Crippen MR) is 110 cm³/mol. The summed E-state index contributed by atoms with van der Waals surface area (Å²) in [6.07, 6.45) is 4.44. The van der Waals surface area contributed by atoms with Crippen LogP contribution in [0, 0.1) is 5.92 Å². The Morgan fingerprint density at radius 1 is 1.04 bits per heavy atom. The lowest BCUT2D eigenvalue weighted by Crippen LogP contribution is -2.35. The smallest absolute Gasteiger partial charge is 0.227 e. The van der Waals surface area contributed by atoms with Gasteiger partial charge in [-0.05, 0) is 29.2 Å². The fraction of sp³-hybridized carbons (Fsp3) is 0.348. The van der Waals surface area contributed by atoms with Crippen molar-refractivity contribution in [3.05, 3.63) is 65.7 Å². The molecule has 27 heavy (non-hydrogen) atoms. The van der Waals surface area contributed by atoms with Crippen LogP contribution < -0.4 is 9.47 Å². The molecule has 2 rings (SSSR count). The lowest BCUT2D eigenvalue weighted by atomic mass is 10.1. The van der Waals surface area contributed by atoms with Gasteiger partial charge in [0.2, 0.25) is 5.91 Å². The molecule has 0 saturated heterocycles. The Morgan fingerprint density at radius 2 is 1.74 bits per heavy atom. The van der Waals surface area contributed by atoms with E-state index in [1.165, 1.54) is 0 Å². The van der Waals surface area contributed by atoms with Crippen LogP contribution in [0.15, 0.2) is 54.6 Å². The monoisotopic (exact) mass is 367 g/mol. The summed E-state index contributed by atoms with van der Waals surface area (Å²) < 4.78 is 10.6. The second kappa shape index (κ2) is 10.4. The van der Waals surface area contributed by atoms with Crippen LogP contribution in [-0.2, 0) is 11.2 Å². The molecule has 0 aromatic heterocycles. The third kappa shape index (κ3) is 6.48. The minimum absolute atomic E-state index is 0.105. The molecule has 0 radical (unpaired) electrons. The van der Waals surface area contributed by atoms with Crippen molar-refractivity contribution in [2.75, 3.05) is 27.3 Å². The summed E-state index contributed by atoms with van der Waals surface area (Å²) in [6.45, 7) is 5.57. The molecule has 0 atom stereocenters. The zero-order valence-corrected chi connectivity index (χ0v) is 16.6. The number of hydrogen-bond acceptors (Lipinski definition) is 3. The molecule has 0 aliphatic heterocycles. The molecule has 2 aromatic carbocycles. The molecule has 0 saturated carbocycles. The number of ether oxygens (including phenoxy) is 2. The van der Waals surface area contributed by atoms with E-state index in [1.54, 1.807) is 14.2 Å². The van der Waals surface area contributed by atoms with Crippen molar-refractivity contribution in [2.45, 2.75) is 20.3 Å². The summed E-state index contributed by atoms with van der Waals surface area (Å²) in [4.78, 5) is 14.8. The molecular formula is C23H29NO3. The first-order valence-corrected chi connectivity index (χ1v) is 9.23. The minimum atomic E-state index is 0.105. The Balaban J connectivity index is 2.06. The van der Waals surface area contributed by atoms with Crippen molar-refractivity contribution in [1.82, 2.24) is 4.90 Å². The Kier molecular flexibility index (Phi) is 7.93. The summed E-state index contributed by atoms with van der Waals surface area (Å²) in [5, 5.41) is 0. The van der Waals surface area contributed by atoms with Crippen molar-refractivity contribution in [3.8, 4) is 11.5 Å². The average Bonchev–Trinajstić information content (AvgIpc) is 2.67. The molecule has 4 heteroatoms. The summed E-state index contributed by atoms with van der Waals surface area (Å²) in [5.41, 5.74) is 2.05. The number of nitrogens with zero attached hydrogens (tertiary/aromatic N) is 1. The van der Waals surface area contributed by atoms with E-state index in [0.717, 1.165) is 17.7 Å². The number of rotatable bonds is 9. The maximum absolute atomic E-state index is 12.9. The van der Waals surface area contributed by atoms with Gasteiger partial charge in [0.25, 0.3) is 0 Å². The van der Waals surface area contributed by atoms with Crippen LogP contribution in [-0.4, -0.2) is 38.1 Å². The highest BCUT2D eigenvalue weighted by atomic mass is 16.5. The third-order valence-electron chi connectivity index (χ3n) is 4.18. The molecule has 0 heterocycles. The maximum atomic E-state index is 12.9. The van der Waals surface area contributed by atoms with Gasteiger partial charge >= 0.3 is 0 Å². The van der Waals surface area contributed by atoms with Crippen LogP contribution in [0.1, 0.15) is 25.0 Å². The Morgan fingerprint density at radius 3 is 2.37 bits per heavy atom. The Labute approximate surface area is 162 Å². The Hall–Kier alpha value is -2.75. The topological polar surface area (TPSA) is 38.8 Å². The van der Waals surface area contributed by atoms with Crippen molar-refractivity contribution in [1.29, 1.82) is 0 Å². The first kappa shape index (κ1) is 20.6. The quantitative estimate of drug-likeness (QED) is 0.657. The normalized spacial score (nSPS) is 11.0. The van der Waals surface area contributed by atoms with Gasteiger partial charge in [0.15, 0.2) is 11.5 Å². The second-order valence-corrected chi connectivity index (χ2v) is 6.87. The van der Waals surface area contributed by atoms with Crippen molar-refractivity contribution < 1.29 is 14.3 Å². The van der Waals surface area contributed by atoms with Crippen molar-refractivity contribution >= 4 is 12.0 Å². The van der Waals surface area contributed by atoms with E-state index >= 15 is 0 Å². The largest absolute Gasteiger partial charge is 0.493 e. The van der Waals surface area contributed by atoms with Gasteiger partial charge in [-0.15, -0.1) is 0 Å². The predicted octanol–water partition coefficient (Wildman–Crippen LogP) is 4.44. The number of methoxy groups -OCH3 is 2. The Bertz CT molecular complexity index is 753. The zero-order valence-electron chi connectivity index (χ0n) is 16.6. The lowest BCUT2D eigenvalue weighted by molar-refractivity contribution is -0.130. The molecule has 0 aliphatic rings. The highest BCUT2D eigenvalue weighted by molar-refractivity contribution is 5.79. The van der Waals surface area contributed by atoms with E-state index in [-0.39, 0.29) is 5.91 Å². The van der Waals surface area contributed by atoms with Gasteiger partial charge in [0.05, 0.1) is 20.6 Å². The average molecular weight is 367 g/mol. The fourth-order valence-electron chi connectivity index (χ4n) is 2.88. The van der Waals surface area contributed by atoms with E-state index in [9.17, 15) is 4.79 Å². The maximum Gasteiger partial charge on any atom is 0.227 e. The molecule has 0 fully saturated rings. The number of carbonyl (C=O) groups excluding carboxylic acids is 1. The van der Waals surface area contributed by atoms with E-state index in [1.807, 2.05) is 47.4 Å². The van der Waals surface area contributed by atoms with Crippen molar-refractivity contribution in [2.24, 2.45) is 5.92 Å². The summed E-state index contributed by atoms with van der Waals surface area (Å²) in [5.74, 6) is 1.82. The number of hydrogen-bond donors (Lipinski definition) is 0. The van der Waals surface area contributed by atoms with Gasteiger partial charge in [-0.1, -0.05) is 62.4 Å². The molecule has 0 unspecified atom stereocenters. The fourth-order valence-corrected chi connectivity index (χ4v) is 2.88. The number of carbonyl (C=O) groups is 1. The number of amides is 1. The standard InChI is InChI=1S/C23H29NO3/c1-18(2)17-24(14-8-11-19-9-6-5-7-10-19)23(25)16-20-12-13-21(26-3)22(15-20)27-4/h5-13,15,18H,14,16-17H2,1-4H3/b11-8+. The van der Waals surface area contributed by atoms with Crippen LogP contribution in [0.25, 0.3) is 6.08 Å². The van der Waals surface area contributed by atoms with Crippen molar-refractivity contribution in [3.63, 3.8) is 0 Å². The first-order valence-electron chi connectivity index (χ1n) is 9.23. The molecular weight excluding hydrogens is 338 g/mol. The highest BCUT2D eigenvalue weighted by Gasteiger charge is 2.15. The first-order chi connectivity index (χ1) is 13.0. The molecule has 2 aromatic rings. The van der Waals surface area contributed by atoms with E-state index in [0.29, 0.717) is 30.4 Å². The summed E-state index contributed by atoms with van der Waals surface area (Å²) >= 11 is 0. The molecule has 0 spiro atoms. The number of benzene rings is 2. The van der Waals surface area contributed by atoms with E-state index in [2.05, 4.69) is 32.1 Å². The molecule has 1 amide bonds. The third-order valence-corrected chi connectivity index (χ3v) is 4.18. The van der Waals surface area contributed by atoms with Crippen LogP contribution in [0.5, 0.6) is 11.5 Å². The van der Waals surface area contributed by atoms with Gasteiger partial charge in [-0.3, -0.25) is 4.79 Å². The summed E-state index contributed by atoms with van der Waals surface area (Å²) in [7, 11) is 3.20. The minimum Gasteiger partial charge on any atom is -0.493 e. The van der Waals surface area contributed by atoms with Gasteiger partial charge < -0.3 is 14.4 Å². The van der Waals surface area contributed by atoms with Crippen LogP contribution in [0.3, 0.4) is 0 Å². The molecule has 0 aliphatic carbocycles. The van der Waals surface area contributed by atoms with Crippen LogP contribution >= 0.6 is 0 Å². The molecule has 4 nitrogen and oxygen atoms in total.